The quantitative estimate of drug-likeness (QED) is 0.851. The number of rotatable bonds is 4. The second kappa shape index (κ2) is 5.08. The Hall–Kier alpha value is -1.39. The van der Waals surface area contributed by atoms with E-state index in [1.165, 1.54) is 11.1 Å². The molecular weight excluding hydrogens is 228 g/mol. The molecule has 18 heavy (non-hydrogen) atoms. The maximum Gasteiger partial charge on any atom is 0.250 e. The van der Waals surface area contributed by atoms with Gasteiger partial charge >= 0.3 is 0 Å². The molecule has 0 spiro atoms. The second-order valence-corrected chi connectivity index (χ2v) is 5.19. The predicted molar refractivity (Wildman–Crippen MR) is 71.8 cm³/mol. The highest BCUT2D eigenvalue weighted by Gasteiger charge is 2.32. The maximum absolute atomic E-state index is 11.7. The highest BCUT2D eigenvalue weighted by atomic mass is 16.5. The van der Waals surface area contributed by atoms with E-state index < -0.39 is 0 Å². The van der Waals surface area contributed by atoms with Crippen LogP contribution in [0.5, 0.6) is 0 Å². The third-order valence-corrected chi connectivity index (χ3v) is 3.34. The number of carbonyl (C=O) groups excluding carboxylic acids is 1. The van der Waals surface area contributed by atoms with E-state index in [1.807, 2.05) is 32.0 Å². The molecular formula is C14H20N2O2. The average Bonchev–Trinajstić information content (AvgIpc) is 2.29. The summed E-state index contributed by atoms with van der Waals surface area (Å²) in [6, 6.07) is 5.88. The lowest BCUT2D eigenvalue weighted by Crippen LogP contribution is -2.59. The average molecular weight is 248 g/mol. The summed E-state index contributed by atoms with van der Waals surface area (Å²) in [5.41, 5.74) is 3.03. The van der Waals surface area contributed by atoms with Gasteiger partial charge in [0.1, 0.15) is 6.61 Å². The molecule has 1 aliphatic heterocycles. The molecule has 0 saturated carbocycles. The predicted octanol–water partition coefficient (Wildman–Crippen LogP) is 1.62. The smallest absolute Gasteiger partial charge is 0.250 e. The highest BCUT2D eigenvalue weighted by molar-refractivity contribution is 5.91. The van der Waals surface area contributed by atoms with E-state index in [9.17, 15) is 4.79 Å². The van der Waals surface area contributed by atoms with Gasteiger partial charge in [-0.25, -0.2) is 0 Å². The fourth-order valence-corrected chi connectivity index (χ4v) is 1.84. The van der Waals surface area contributed by atoms with Gasteiger partial charge in [0.15, 0.2) is 0 Å². The Labute approximate surface area is 108 Å². The topological polar surface area (TPSA) is 50.4 Å². The second-order valence-electron chi connectivity index (χ2n) is 5.19. The number of carbonyl (C=O) groups is 1. The van der Waals surface area contributed by atoms with Crippen molar-refractivity contribution in [2.45, 2.75) is 26.4 Å². The summed E-state index contributed by atoms with van der Waals surface area (Å²) < 4.78 is 5.58. The summed E-state index contributed by atoms with van der Waals surface area (Å²) in [6.07, 6.45) is 0. The van der Waals surface area contributed by atoms with Crippen molar-refractivity contribution in [3.05, 3.63) is 29.3 Å². The number of hydrogen-bond acceptors (Lipinski definition) is 3. The van der Waals surface area contributed by atoms with Crippen LogP contribution in [0, 0.1) is 13.8 Å². The van der Waals surface area contributed by atoms with E-state index in [0.29, 0.717) is 0 Å². The zero-order valence-corrected chi connectivity index (χ0v) is 11.2. The number of anilines is 1. The first-order valence-corrected chi connectivity index (χ1v) is 6.20. The van der Waals surface area contributed by atoms with E-state index >= 15 is 0 Å². The molecule has 2 N–H and O–H groups in total. The van der Waals surface area contributed by atoms with Gasteiger partial charge in [-0.15, -0.1) is 0 Å². The van der Waals surface area contributed by atoms with Crippen LogP contribution in [0.3, 0.4) is 0 Å². The monoisotopic (exact) mass is 248 g/mol. The zero-order chi connectivity index (χ0) is 13.2. The van der Waals surface area contributed by atoms with Crippen molar-refractivity contribution < 1.29 is 9.53 Å². The molecule has 0 unspecified atom stereocenters. The normalized spacial score (nSPS) is 17.1. The number of amides is 1. The van der Waals surface area contributed by atoms with Crippen molar-refractivity contribution in [3.63, 3.8) is 0 Å². The Bertz CT molecular complexity index is 453. The van der Waals surface area contributed by atoms with Crippen LogP contribution in [0.25, 0.3) is 0 Å². The van der Waals surface area contributed by atoms with E-state index in [4.69, 9.17) is 4.74 Å². The van der Waals surface area contributed by atoms with Gasteiger partial charge in [-0.2, -0.15) is 0 Å². The minimum atomic E-state index is -0.180. The van der Waals surface area contributed by atoms with Crippen LogP contribution in [0.4, 0.5) is 5.69 Å². The fourth-order valence-electron chi connectivity index (χ4n) is 1.84. The molecule has 1 aromatic rings. The van der Waals surface area contributed by atoms with Gasteiger partial charge in [0, 0.05) is 18.8 Å². The molecule has 0 aromatic heterocycles. The Balaban J connectivity index is 1.85. The molecule has 4 nitrogen and oxygen atoms in total. The SMILES string of the molecule is Cc1ccc(NC(=O)COC2(C)CNC2)cc1C. The van der Waals surface area contributed by atoms with Crippen molar-refractivity contribution in [3.8, 4) is 0 Å². The molecule has 98 valence electrons. The molecule has 1 fully saturated rings. The molecule has 0 radical (unpaired) electrons. The van der Waals surface area contributed by atoms with E-state index in [0.717, 1.165) is 18.8 Å². The Morgan fingerprint density at radius 3 is 2.67 bits per heavy atom. The Morgan fingerprint density at radius 1 is 1.39 bits per heavy atom. The van der Waals surface area contributed by atoms with Crippen LogP contribution in [-0.2, 0) is 9.53 Å². The van der Waals surface area contributed by atoms with Crippen LogP contribution in [-0.4, -0.2) is 31.2 Å². The lowest BCUT2D eigenvalue weighted by Gasteiger charge is -2.38. The van der Waals surface area contributed by atoms with Gasteiger partial charge in [-0.3, -0.25) is 4.79 Å². The molecule has 1 saturated heterocycles. The minimum absolute atomic E-state index is 0.102. The maximum atomic E-state index is 11.7. The van der Waals surface area contributed by atoms with Gasteiger partial charge in [0.05, 0.1) is 5.60 Å². The van der Waals surface area contributed by atoms with Gasteiger partial charge in [0.25, 0.3) is 0 Å². The van der Waals surface area contributed by atoms with Crippen LogP contribution in [0.15, 0.2) is 18.2 Å². The van der Waals surface area contributed by atoms with Crippen molar-refractivity contribution in [2.24, 2.45) is 0 Å². The van der Waals surface area contributed by atoms with Gasteiger partial charge in [-0.1, -0.05) is 6.07 Å². The van der Waals surface area contributed by atoms with Crippen molar-refractivity contribution >= 4 is 11.6 Å². The lowest BCUT2D eigenvalue weighted by atomic mass is 10.0. The van der Waals surface area contributed by atoms with Crippen LogP contribution in [0.2, 0.25) is 0 Å². The van der Waals surface area contributed by atoms with Gasteiger partial charge in [-0.05, 0) is 44.0 Å². The lowest BCUT2D eigenvalue weighted by molar-refractivity contribution is -0.130. The first-order chi connectivity index (χ1) is 8.48. The summed E-state index contributed by atoms with van der Waals surface area (Å²) in [5, 5.41) is 5.98. The Morgan fingerprint density at radius 2 is 2.11 bits per heavy atom. The summed E-state index contributed by atoms with van der Waals surface area (Å²) in [6.45, 7) is 7.81. The molecule has 0 aliphatic carbocycles. The summed E-state index contributed by atoms with van der Waals surface area (Å²) >= 11 is 0. The molecule has 1 aromatic carbocycles. The third-order valence-electron chi connectivity index (χ3n) is 3.34. The highest BCUT2D eigenvalue weighted by Crippen LogP contribution is 2.16. The number of aryl methyl sites for hydroxylation is 2. The molecule has 1 amide bonds. The number of benzene rings is 1. The van der Waals surface area contributed by atoms with Crippen LogP contribution >= 0.6 is 0 Å². The minimum Gasteiger partial charge on any atom is -0.363 e. The van der Waals surface area contributed by atoms with E-state index in [1.54, 1.807) is 0 Å². The molecule has 1 heterocycles. The van der Waals surface area contributed by atoms with E-state index in [2.05, 4.69) is 17.6 Å². The summed E-state index contributed by atoms with van der Waals surface area (Å²) in [4.78, 5) is 11.7. The Kier molecular flexibility index (Phi) is 3.68. The number of ether oxygens (including phenoxy) is 1. The zero-order valence-electron chi connectivity index (χ0n) is 11.2. The van der Waals surface area contributed by atoms with Crippen LogP contribution in [0.1, 0.15) is 18.1 Å². The molecule has 0 atom stereocenters. The summed E-state index contributed by atoms with van der Waals surface area (Å²) in [7, 11) is 0. The van der Waals surface area contributed by atoms with Gasteiger partial charge in [0.2, 0.25) is 5.91 Å². The third kappa shape index (κ3) is 3.09. The van der Waals surface area contributed by atoms with Crippen molar-refractivity contribution in [2.75, 3.05) is 25.0 Å². The molecule has 0 bridgehead atoms. The number of hydrogen-bond donors (Lipinski definition) is 2. The largest absolute Gasteiger partial charge is 0.363 e. The van der Waals surface area contributed by atoms with Crippen molar-refractivity contribution in [1.82, 2.24) is 5.32 Å². The summed E-state index contributed by atoms with van der Waals surface area (Å²) in [5.74, 6) is -0.105. The van der Waals surface area contributed by atoms with Gasteiger partial charge < -0.3 is 15.4 Å². The van der Waals surface area contributed by atoms with Crippen LogP contribution < -0.4 is 10.6 Å². The van der Waals surface area contributed by atoms with E-state index in [-0.39, 0.29) is 18.1 Å². The molecule has 2 rings (SSSR count). The standard InChI is InChI=1S/C14H20N2O2/c1-10-4-5-12(6-11(10)2)16-13(17)7-18-14(3)8-15-9-14/h4-6,15H,7-9H2,1-3H3,(H,16,17). The first-order valence-electron chi connectivity index (χ1n) is 6.20. The number of nitrogens with one attached hydrogen (secondary N) is 2. The molecule has 4 heteroatoms. The fraction of sp³-hybridized carbons (Fsp3) is 0.500. The first kappa shape index (κ1) is 13.1. The molecule has 1 aliphatic rings. The van der Waals surface area contributed by atoms with Crippen molar-refractivity contribution in [1.29, 1.82) is 0 Å².